The quantitative estimate of drug-likeness (QED) is 0.451. The summed E-state index contributed by atoms with van der Waals surface area (Å²) in [5, 5.41) is 9.00. The molecule has 0 aliphatic rings. The van der Waals surface area contributed by atoms with E-state index in [1.807, 2.05) is 12.1 Å². The van der Waals surface area contributed by atoms with E-state index in [1.165, 1.54) is 11.1 Å². The fraction of sp³-hybridized carbons (Fsp3) is 0.227. The molecule has 0 fully saturated rings. The van der Waals surface area contributed by atoms with E-state index < -0.39 is 12.7 Å². The lowest BCUT2D eigenvalue weighted by Crippen LogP contribution is -2.33. The Morgan fingerprint density at radius 3 is 2.35 bits per heavy atom. The lowest BCUT2D eigenvalue weighted by atomic mass is 10.2. The number of hydrogen-bond acceptors (Lipinski definition) is 4. The standard InChI is InChI=1S/C22H19F3N4OS/c23-22(24,25)16-29-19(17-8-3-1-4-9-17)14-27-21(29)31-15-20(30)28(13-7-12-26)18-10-5-2-6-11-18/h1-6,8-11,14H,7,13,15-16H2. The third kappa shape index (κ3) is 6.12. The number of nitriles is 1. The van der Waals surface area contributed by atoms with E-state index in [4.69, 9.17) is 5.26 Å². The second-order valence-corrected chi connectivity index (χ2v) is 7.51. The Morgan fingerprint density at radius 2 is 1.74 bits per heavy atom. The zero-order valence-electron chi connectivity index (χ0n) is 16.4. The van der Waals surface area contributed by atoms with Crippen molar-refractivity contribution in [2.45, 2.75) is 24.3 Å². The van der Waals surface area contributed by atoms with Crippen LogP contribution in [-0.2, 0) is 11.3 Å². The molecule has 0 radical (unpaired) electrons. The molecule has 0 atom stereocenters. The van der Waals surface area contributed by atoms with Crippen molar-refractivity contribution in [1.82, 2.24) is 9.55 Å². The number of imidazole rings is 1. The highest BCUT2D eigenvalue weighted by Crippen LogP contribution is 2.30. The summed E-state index contributed by atoms with van der Waals surface area (Å²) in [5.41, 5.74) is 1.57. The average molecular weight is 444 g/mol. The molecule has 0 saturated carbocycles. The molecule has 160 valence electrons. The van der Waals surface area contributed by atoms with Crippen molar-refractivity contribution >= 4 is 23.4 Å². The molecule has 0 N–H and O–H groups in total. The third-order valence-electron chi connectivity index (χ3n) is 4.37. The smallest absolute Gasteiger partial charge is 0.311 e. The predicted molar refractivity (Wildman–Crippen MR) is 113 cm³/mol. The molecule has 0 saturated heterocycles. The van der Waals surface area contributed by atoms with Crippen LogP contribution in [0.25, 0.3) is 11.3 Å². The third-order valence-corrected chi connectivity index (χ3v) is 5.34. The second-order valence-electron chi connectivity index (χ2n) is 6.57. The van der Waals surface area contributed by atoms with E-state index in [2.05, 4.69) is 4.98 Å². The number of hydrogen-bond donors (Lipinski definition) is 0. The number of amides is 1. The van der Waals surface area contributed by atoms with Crippen molar-refractivity contribution in [2.75, 3.05) is 17.2 Å². The largest absolute Gasteiger partial charge is 0.406 e. The van der Waals surface area contributed by atoms with Gasteiger partial charge < -0.3 is 9.47 Å². The Balaban J connectivity index is 1.82. The van der Waals surface area contributed by atoms with Crippen LogP contribution in [-0.4, -0.2) is 33.9 Å². The minimum absolute atomic E-state index is 0.108. The number of anilines is 1. The summed E-state index contributed by atoms with van der Waals surface area (Å²) in [6, 6.07) is 19.5. The van der Waals surface area contributed by atoms with Crippen LogP contribution in [0.5, 0.6) is 0 Å². The molecule has 3 aromatic rings. The zero-order chi connectivity index (χ0) is 22.3. The maximum Gasteiger partial charge on any atom is 0.406 e. The Kier molecular flexibility index (Phi) is 7.36. The normalized spacial score (nSPS) is 11.2. The van der Waals surface area contributed by atoms with Gasteiger partial charge >= 0.3 is 6.18 Å². The Bertz CT molecular complexity index is 1050. The van der Waals surface area contributed by atoms with Gasteiger partial charge in [-0.05, 0) is 17.7 Å². The number of halogens is 3. The van der Waals surface area contributed by atoms with Gasteiger partial charge in [-0.25, -0.2) is 4.98 Å². The van der Waals surface area contributed by atoms with Gasteiger partial charge in [-0.1, -0.05) is 60.3 Å². The molecule has 1 heterocycles. The molecular formula is C22H19F3N4OS. The molecule has 0 bridgehead atoms. The van der Waals surface area contributed by atoms with E-state index in [0.29, 0.717) is 16.9 Å². The molecular weight excluding hydrogens is 425 g/mol. The second kappa shape index (κ2) is 10.2. The molecule has 1 aromatic heterocycles. The van der Waals surface area contributed by atoms with Gasteiger partial charge in [-0.2, -0.15) is 18.4 Å². The molecule has 0 spiro atoms. The van der Waals surface area contributed by atoms with Crippen molar-refractivity contribution in [2.24, 2.45) is 0 Å². The molecule has 9 heteroatoms. The summed E-state index contributed by atoms with van der Waals surface area (Å²) in [5.74, 6) is -0.419. The summed E-state index contributed by atoms with van der Waals surface area (Å²) in [6.45, 7) is -1.00. The monoisotopic (exact) mass is 444 g/mol. The molecule has 0 unspecified atom stereocenters. The highest BCUT2D eigenvalue weighted by Gasteiger charge is 2.31. The van der Waals surface area contributed by atoms with Crippen LogP contribution in [0, 0.1) is 11.3 Å². The highest BCUT2D eigenvalue weighted by atomic mass is 32.2. The van der Waals surface area contributed by atoms with Crippen LogP contribution in [0.1, 0.15) is 6.42 Å². The van der Waals surface area contributed by atoms with Crippen molar-refractivity contribution in [3.8, 4) is 17.3 Å². The van der Waals surface area contributed by atoms with Crippen LogP contribution in [0.4, 0.5) is 18.9 Å². The fourth-order valence-corrected chi connectivity index (χ4v) is 3.87. The molecule has 5 nitrogen and oxygen atoms in total. The van der Waals surface area contributed by atoms with Crippen molar-refractivity contribution in [3.63, 3.8) is 0 Å². The zero-order valence-corrected chi connectivity index (χ0v) is 17.2. The first-order valence-corrected chi connectivity index (χ1v) is 10.4. The minimum atomic E-state index is -4.44. The molecule has 2 aromatic carbocycles. The van der Waals surface area contributed by atoms with Gasteiger partial charge in [0, 0.05) is 12.2 Å². The summed E-state index contributed by atoms with van der Waals surface area (Å²) < 4.78 is 40.7. The van der Waals surface area contributed by atoms with E-state index in [1.54, 1.807) is 54.6 Å². The SMILES string of the molecule is N#CCCN(C(=O)CSc1ncc(-c2ccccc2)n1CC(F)(F)F)c1ccccc1. The molecule has 0 aliphatic carbocycles. The van der Waals surface area contributed by atoms with Crippen molar-refractivity contribution in [3.05, 3.63) is 66.9 Å². The lowest BCUT2D eigenvalue weighted by molar-refractivity contribution is -0.141. The first-order valence-electron chi connectivity index (χ1n) is 9.42. The predicted octanol–water partition coefficient (Wildman–Crippen LogP) is 5.15. The number of alkyl halides is 3. The Morgan fingerprint density at radius 1 is 1.10 bits per heavy atom. The van der Waals surface area contributed by atoms with Gasteiger partial charge in [0.15, 0.2) is 5.16 Å². The molecule has 31 heavy (non-hydrogen) atoms. The summed E-state index contributed by atoms with van der Waals surface area (Å²) in [4.78, 5) is 18.4. The van der Waals surface area contributed by atoms with Gasteiger partial charge in [-0.3, -0.25) is 4.79 Å². The highest BCUT2D eigenvalue weighted by molar-refractivity contribution is 7.99. The number of carbonyl (C=O) groups excluding carboxylic acids is 1. The maximum absolute atomic E-state index is 13.2. The number of thioether (sulfide) groups is 1. The van der Waals surface area contributed by atoms with Crippen LogP contribution in [0.15, 0.2) is 72.0 Å². The number of nitrogens with zero attached hydrogens (tertiary/aromatic N) is 4. The lowest BCUT2D eigenvalue weighted by Gasteiger charge is -2.21. The summed E-state index contributed by atoms with van der Waals surface area (Å²) in [7, 11) is 0. The number of aromatic nitrogens is 2. The number of carbonyl (C=O) groups is 1. The molecule has 0 aliphatic heterocycles. The van der Waals surface area contributed by atoms with E-state index >= 15 is 0 Å². The molecule has 3 rings (SSSR count). The van der Waals surface area contributed by atoms with Crippen molar-refractivity contribution in [1.29, 1.82) is 5.26 Å². The maximum atomic E-state index is 13.2. The van der Waals surface area contributed by atoms with Gasteiger partial charge in [-0.15, -0.1) is 0 Å². The van der Waals surface area contributed by atoms with Gasteiger partial charge in [0.2, 0.25) is 5.91 Å². The summed E-state index contributed by atoms with van der Waals surface area (Å²) in [6.07, 6.45) is -2.91. The van der Waals surface area contributed by atoms with Gasteiger partial charge in [0.1, 0.15) is 6.54 Å². The Labute approximate surface area is 182 Å². The number of para-hydroxylation sites is 1. The van der Waals surface area contributed by atoms with E-state index in [0.717, 1.165) is 16.3 Å². The van der Waals surface area contributed by atoms with Crippen LogP contribution >= 0.6 is 11.8 Å². The van der Waals surface area contributed by atoms with E-state index in [-0.39, 0.29) is 29.8 Å². The number of rotatable bonds is 8. The molecule has 1 amide bonds. The van der Waals surface area contributed by atoms with Gasteiger partial charge in [0.25, 0.3) is 0 Å². The topological polar surface area (TPSA) is 61.9 Å². The fourth-order valence-electron chi connectivity index (χ4n) is 3.02. The van der Waals surface area contributed by atoms with Crippen LogP contribution in [0.3, 0.4) is 0 Å². The number of benzene rings is 2. The minimum Gasteiger partial charge on any atom is -0.311 e. The first-order chi connectivity index (χ1) is 14.9. The average Bonchev–Trinajstić information content (AvgIpc) is 3.14. The van der Waals surface area contributed by atoms with Crippen LogP contribution < -0.4 is 4.90 Å². The van der Waals surface area contributed by atoms with Gasteiger partial charge in [0.05, 0.1) is 30.1 Å². The summed E-state index contributed by atoms with van der Waals surface area (Å²) >= 11 is 0.946. The first kappa shape index (κ1) is 22.4. The van der Waals surface area contributed by atoms with Crippen molar-refractivity contribution < 1.29 is 18.0 Å². The van der Waals surface area contributed by atoms with E-state index in [9.17, 15) is 18.0 Å². The van der Waals surface area contributed by atoms with Crippen LogP contribution in [0.2, 0.25) is 0 Å². The Hall–Kier alpha value is -3.25.